The summed E-state index contributed by atoms with van der Waals surface area (Å²) >= 11 is 3.34. The highest BCUT2D eigenvalue weighted by Gasteiger charge is 2.09. The van der Waals surface area contributed by atoms with Crippen molar-refractivity contribution in [2.75, 3.05) is 0 Å². The summed E-state index contributed by atoms with van der Waals surface area (Å²) in [5.41, 5.74) is 2.47. The van der Waals surface area contributed by atoms with Gasteiger partial charge in [-0.25, -0.2) is 4.79 Å². The Hall–Kier alpha value is -2.40. The second kappa shape index (κ2) is 6.38. The number of carbonyl (C=O) groups excluding carboxylic acids is 1. The molecular weight excluding hydrogens is 358 g/mol. The molecule has 4 nitrogen and oxygen atoms in total. The fourth-order valence-electron chi connectivity index (χ4n) is 2.37. The zero-order valence-corrected chi connectivity index (χ0v) is 14.0. The van der Waals surface area contributed by atoms with E-state index in [9.17, 15) is 9.59 Å². The summed E-state index contributed by atoms with van der Waals surface area (Å²) in [5.74, 6) is -0.188. The normalized spacial score (nSPS) is 10.7. The van der Waals surface area contributed by atoms with E-state index in [1.165, 1.54) is 6.07 Å². The van der Waals surface area contributed by atoms with E-state index in [0.29, 0.717) is 11.1 Å². The highest BCUT2D eigenvalue weighted by molar-refractivity contribution is 9.10. The third kappa shape index (κ3) is 3.51. The molecule has 3 aromatic rings. The van der Waals surface area contributed by atoms with Crippen LogP contribution in [-0.4, -0.2) is 5.91 Å². The van der Waals surface area contributed by atoms with Crippen molar-refractivity contribution < 1.29 is 9.21 Å². The Kier molecular flexibility index (Phi) is 4.30. The van der Waals surface area contributed by atoms with Crippen LogP contribution in [0.2, 0.25) is 0 Å². The maximum atomic E-state index is 12.2. The predicted octanol–water partition coefficient (Wildman–Crippen LogP) is 3.79. The molecule has 0 bridgehead atoms. The first-order chi connectivity index (χ1) is 11.0. The number of carbonyl (C=O) groups is 1. The molecule has 1 heterocycles. The van der Waals surface area contributed by atoms with Crippen LogP contribution in [-0.2, 0) is 6.54 Å². The Morgan fingerprint density at radius 2 is 1.87 bits per heavy atom. The minimum Gasteiger partial charge on any atom is -0.423 e. The molecule has 116 valence electrons. The first-order valence-electron chi connectivity index (χ1n) is 7.10. The topological polar surface area (TPSA) is 59.3 Å². The predicted molar refractivity (Wildman–Crippen MR) is 92.5 cm³/mol. The second-order valence-corrected chi connectivity index (χ2v) is 6.20. The molecule has 0 aliphatic heterocycles. The molecular formula is C18H14BrNO3. The summed E-state index contributed by atoms with van der Waals surface area (Å²) < 4.78 is 6.10. The molecule has 23 heavy (non-hydrogen) atoms. The first-order valence-corrected chi connectivity index (χ1v) is 7.89. The average Bonchev–Trinajstić information content (AvgIpc) is 2.53. The molecule has 0 fully saturated rings. The number of aryl methyl sites for hydroxylation is 1. The van der Waals surface area contributed by atoms with Crippen molar-refractivity contribution in [2.45, 2.75) is 13.5 Å². The highest BCUT2D eigenvalue weighted by atomic mass is 79.9. The van der Waals surface area contributed by atoms with Crippen LogP contribution >= 0.6 is 15.9 Å². The number of hydrogen-bond donors (Lipinski definition) is 1. The quantitative estimate of drug-likeness (QED) is 0.712. The number of nitrogens with one attached hydrogen (secondary N) is 1. The van der Waals surface area contributed by atoms with E-state index >= 15 is 0 Å². The Balaban J connectivity index is 1.86. The van der Waals surface area contributed by atoms with Gasteiger partial charge in [0, 0.05) is 28.0 Å². The van der Waals surface area contributed by atoms with Gasteiger partial charge in [0.15, 0.2) is 0 Å². The number of fused-ring (bicyclic) bond motifs is 1. The lowest BCUT2D eigenvalue weighted by atomic mass is 10.1. The molecule has 0 saturated heterocycles. The number of benzene rings is 2. The van der Waals surface area contributed by atoms with Crippen LogP contribution < -0.4 is 10.9 Å². The van der Waals surface area contributed by atoms with E-state index in [-0.39, 0.29) is 12.5 Å². The number of halogens is 1. The molecule has 0 radical (unpaired) electrons. The van der Waals surface area contributed by atoms with Crippen LogP contribution in [0.3, 0.4) is 0 Å². The Labute approximate surface area is 141 Å². The standard InChI is InChI=1S/C18H14BrNO3/c1-11-2-7-16-15(8-11)13(9-17(21)23-16)10-20-18(22)12-3-5-14(19)6-4-12/h2-9H,10H2,1H3,(H,20,22). The lowest BCUT2D eigenvalue weighted by molar-refractivity contribution is 0.0951. The Morgan fingerprint density at radius 1 is 1.13 bits per heavy atom. The van der Waals surface area contributed by atoms with Gasteiger partial charge in [-0.2, -0.15) is 0 Å². The Bertz CT molecular complexity index is 929. The van der Waals surface area contributed by atoms with Crippen LogP contribution in [0.5, 0.6) is 0 Å². The van der Waals surface area contributed by atoms with Crippen LogP contribution in [0, 0.1) is 6.92 Å². The zero-order chi connectivity index (χ0) is 16.4. The smallest absolute Gasteiger partial charge is 0.336 e. The van der Waals surface area contributed by atoms with Crippen molar-refractivity contribution in [1.29, 1.82) is 0 Å². The summed E-state index contributed by atoms with van der Waals surface area (Å²) in [6.45, 7) is 2.23. The van der Waals surface area contributed by atoms with Gasteiger partial charge >= 0.3 is 5.63 Å². The summed E-state index contributed by atoms with van der Waals surface area (Å²) in [5, 5.41) is 3.67. The number of rotatable bonds is 3. The first kappa shape index (κ1) is 15.5. The minimum atomic E-state index is -0.422. The van der Waals surface area contributed by atoms with Crippen molar-refractivity contribution in [2.24, 2.45) is 0 Å². The third-order valence-corrected chi connectivity index (χ3v) is 4.06. The van der Waals surface area contributed by atoms with Crippen molar-refractivity contribution in [3.05, 3.63) is 80.1 Å². The lowest BCUT2D eigenvalue weighted by Crippen LogP contribution is -2.23. The largest absolute Gasteiger partial charge is 0.423 e. The average molecular weight is 372 g/mol. The molecule has 0 atom stereocenters. The summed E-state index contributed by atoms with van der Waals surface area (Å²) in [6, 6.07) is 14.1. The van der Waals surface area contributed by atoms with Gasteiger partial charge in [0.05, 0.1) is 0 Å². The third-order valence-electron chi connectivity index (χ3n) is 3.53. The summed E-state index contributed by atoms with van der Waals surface area (Å²) in [4.78, 5) is 23.8. The molecule has 2 aromatic carbocycles. The molecule has 0 aliphatic rings. The Morgan fingerprint density at radius 3 is 2.61 bits per heavy atom. The number of amides is 1. The van der Waals surface area contributed by atoms with Gasteiger partial charge in [0.2, 0.25) is 0 Å². The molecule has 0 spiro atoms. The minimum absolute atomic E-state index is 0.188. The maximum absolute atomic E-state index is 12.2. The zero-order valence-electron chi connectivity index (χ0n) is 12.4. The van der Waals surface area contributed by atoms with Crippen molar-refractivity contribution in [1.82, 2.24) is 5.32 Å². The molecule has 0 aliphatic carbocycles. The fourth-order valence-corrected chi connectivity index (χ4v) is 2.63. The van der Waals surface area contributed by atoms with Crippen LogP contribution in [0.4, 0.5) is 0 Å². The van der Waals surface area contributed by atoms with E-state index in [4.69, 9.17) is 4.42 Å². The van der Waals surface area contributed by atoms with Crippen LogP contribution in [0.25, 0.3) is 11.0 Å². The highest BCUT2D eigenvalue weighted by Crippen LogP contribution is 2.18. The van der Waals surface area contributed by atoms with Gasteiger partial charge in [-0.05, 0) is 48.9 Å². The molecule has 1 amide bonds. The summed E-state index contributed by atoms with van der Waals surface area (Å²) in [6.07, 6.45) is 0. The van der Waals surface area contributed by atoms with Crippen LogP contribution in [0.1, 0.15) is 21.5 Å². The van der Waals surface area contributed by atoms with E-state index in [1.807, 2.05) is 31.2 Å². The molecule has 5 heteroatoms. The van der Waals surface area contributed by atoms with Crippen molar-refractivity contribution in [3.8, 4) is 0 Å². The number of hydrogen-bond acceptors (Lipinski definition) is 3. The lowest BCUT2D eigenvalue weighted by Gasteiger charge is -2.08. The van der Waals surface area contributed by atoms with Gasteiger partial charge in [-0.15, -0.1) is 0 Å². The monoisotopic (exact) mass is 371 g/mol. The van der Waals surface area contributed by atoms with Gasteiger partial charge in [-0.3, -0.25) is 4.79 Å². The van der Waals surface area contributed by atoms with Gasteiger partial charge in [0.1, 0.15) is 5.58 Å². The van der Waals surface area contributed by atoms with Gasteiger partial charge in [-0.1, -0.05) is 27.6 Å². The van der Waals surface area contributed by atoms with Gasteiger partial charge < -0.3 is 9.73 Å². The summed E-state index contributed by atoms with van der Waals surface area (Å²) in [7, 11) is 0. The second-order valence-electron chi connectivity index (χ2n) is 5.28. The molecule has 0 saturated carbocycles. The maximum Gasteiger partial charge on any atom is 0.336 e. The van der Waals surface area contributed by atoms with E-state index in [2.05, 4.69) is 21.2 Å². The SMILES string of the molecule is Cc1ccc2oc(=O)cc(CNC(=O)c3ccc(Br)cc3)c2c1. The van der Waals surface area contributed by atoms with Crippen molar-refractivity contribution in [3.63, 3.8) is 0 Å². The van der Waals surface area contributed by atoms with E-state index in [1.54, 1.807) is 18.2 Å². The molecule has 0 unspecified atom stereocenters. The van der Waals surface area contributed by atoms with E-state index < -0.39 is 5.63 Å². The molecule has 3 rings (SSSR count). The molecule has 1 aromatic heterocycles. The van der Waals surface area contributed by atoms with Crippen molar-refractivity contribution >= 4 is 32.8 Å². The van der Waals surface area contributed by atoms with E-state index in [0.717, 1.165) is 21.0 Å². The molecule has 1 N–H and O–H groups in total. The fraction of sp³-hybridized carbons (Fsp3) is 0.111. The van der Waals surface area contributed by atoms with Crippen LogP contribution in [0.15, 0.2) is 62.2 Å². The van der Waals surface area contributed by atoms with Gasteiger partial charge in [0.25, 0.3) is 5.91 Å².